The molecule has 0 unspecified atom stereocenters. The molecule has 0 fully saturated rings. The van der Waals surface area contributed by atoms with Gasteiger partial charge in [-0.15, -0.1) is 10.2 Å². The number of pyridine rings is 4. The molecule has 4 aromatic heterocycles. The highest BCUT2D eigenvalue weighted by atomic mass is 19.2. The Morgan fingerprint density at radius 1 is 0.656 bits per heavy atom. The molecule has 0 radical (unpaired) electrons. The topological polar surface area (TPSA) is 60.4 Å². The van der Waals surface area contributed by atoms with E-state index in [0.29, 0.717) is 31.1 Å². The second-order valence-corrected chi connectivity index (χ2v) is 7.51. The van der Waals surface area contributed by atoms with Crippen molar-refractivity contribution in [1.29, 1.82) is 0 Å². The number of aromatic nitrogens is 4. The molecule has 0 bridgehead atoms. The zero-order valence-corrected chi connectivity index (χ0v) is 17.8. The Kier molecular flexibility index (Phi) is 5.62. The predicted molar refractivity (Wildman–Crippen MR) is 116 cm³/mol. The van der Waals surface area contributed by atoms with Crippen LogP contribution in [0.5, 0.6) is 0 Å². The van der Waals surface area contributed by atoms with Gasteiger partial charge in [0.05, 0.1) is 0 Å². The minimum absolute atomic E-state index is 0.0436. The molecule has 0 saturated heterocycles. The van der Waals surface area contributed by atoms with Crippen LogP contribution in [0, 0.1) is 27.7 Å². The van der Waals surface area contributed by atoms with Crippen LogP contribution >= 0.6 is 0 Å². The summed E-state index contributed by atoms with van der Waals surface area (Å²) in [6, 6.07) is 9.53. The van der Waals surface area contributed by atoms with Gasteiger partial charge in [0.15, 0.2) is 0 Å². The van der Waals surface area contributed by atoms with Crippen LogP contribution in [0.2, 0.25) is 0 Å². The van der Waals surface area contributed by atoms with Gasteiger partial charge in [0.2, 0.25) is 0 Å². The fourth-order valence-electron chi connectivity index (χ4n) is 3.78. The first kappa shape index (κ1) is 21.8. The first-order valence-electron chi connectivity index (χ1n) is 9.80. The third kappa shape index (κ3) is 3.80. The van der Waals surface area contributed by atoms with E-state index in [1.165, 1.54) is 12.1 Å². The van der Waals surface area contributed by atoms with Crippen molar-refractivity contribution in [3.05, 3.63) is 69.9 Å². The number of halogens is 4. The molecule has 0 saturated carbocycles. The summed E-state index contributed by atoms with van der Waals surface area (Å²) >= 11 is 0. The molecule has 0 atom stereocenters. The third-order valence-electron chi connectivity index (χ3n) is 5.14. The van der Waals surface area contributed by atoms with E-state index < -0.39 is 14.8 Å². The zero-order valence-electron chi connectivity index (χ0n) is 17.8. The van der Waals surface area contributed by atoms with Crippen LogP contribution in [0.15, 0.2) is 46.6 Å². The molecule has 4 rings (SSSR count). The Balaban J connectivity index is 2.05. The highest BCUT2D eigenvalue weighted by Gasteiger charge is 2.23. The number of aryl methyl sites for hydroxylation is 4. The van der Waals surface area contributed by atoms with Gasteiger partial charge in [-0.25, -0.2) is 9.97 Å². The summed E-state index contributed by atoms with van der Waals surface area (Å²) in [6.45, 7) is 7.00. The average Bonchev–Trinajstić information content (AvgIpc) is 2.70. The van der Waals surface area contributed by atoms with Crippen LogP contribution in [0.1, 0.15) is 22.5 Å². The highest BCUT2D eigenvalue weighted by Crippen LogP contribution is 2.18. The van der Waals surface area contributed by atoms with Crippen LogP contribution in [0.25, 0.3) is 22.1 Å². The maximum absolute atomic E-state index is 13.9. The van der Waals surface area contributed by atoms with Crippen molar-refractivity contribution >= 4 is 36.9 Å². The van der Waals surface area contributed by atoms with Gasteiger partial charge in [-0.05, 0) is 75.2 Å². The fraction of sp³-hybridized carbons (Fsp3) is 0.200. The number of hydrogen-bond donors (Lipinski definition) is 0. The molecule has 162 valence electrons. The molecule has 0 aromatic carbocycles. The molecule has 0 aliphatic heterocycles. The standard InChI is InChI=1S/C20H18B2F4N6/c1-11-9-13(3)27-19-15(11)5-7-17(31(19)21(23)24)29-30-18-8-6-16-12(2)10-14(4)28-20(16)32(18)22(25)26/h5-10H,1-4H3/b29-17-,30-18+. The van der Waals surface area contributed by atoms with Crippen molar-refractivity contribution in [2.24, 2.45) is 10.2 Å². The molecular formula is C20H18B2F4N6. The van der Waals surface area contributed by atoms with Crippen molar-refractivity contribution in [2.45, 2.75) is 27.7 Å². The molecule has 0 amide bonds. The van der Waals surface area contributed by atoms with Gasteiger partial charge in [-0.3, -0.25) is 26.2 Å². The lowest BCUT2D eigenvalue weighted by atomic mass is 10.1. The van der Waals surface area contributed by atoms with Crippen molar-refractivity contribution in [3.8, 4) is 0 Å². The second-order valence-electron chi connectivity index (χ2n) is 7.51. The van der Waals surface area contributed by atoms with Gasteiger partial charge in [0, 0.05) is 22.2 Å². The van der Waals surface area contributed by atoms with Crippen LogP contribution in [-0.4, -0.2) is 33.7 Å². The van der Waals surface area contributed by atoms with Gasteiger partial charge >= 0.3 is 14.8 Å². The molecule has 0 spiro atoms. The predicted octanol–water partition coefficient (Wildman–Crippen LogP) is 3.58. The number of rotatable bonds is 3. The fourth-order valence-corrected chi connectivity index (χ4v) is 3.78. The Hall–Kier alpha value is -3.43. The van der Waals surface area contributed by atoms with Gasteiger partial charge in [-0.1, -0.05) is 0 Å². The SMILES string of the molecule is Cc1cc(C)c2cc/c(=N/N=c3\ccc4c(C)cc(C)nc4n3B(F)F)n(B(F)F)c2n1. The van der Waals surface area contributed by atoms with E-state index >= 15 is 0 Å². The minimum Gasteiger partial charge on any atom is -0.293 e. The molecule has 4 heterocycles. The van der Waals surface area contributed by atoms with E-state index in [1.807, 2.05) is 0 Å². The monoisotopic (exact) mass is 440 g/mol. The average molecular weight is 440 g/mol. The van der Waals surface area contributed by atoms with E-state index in [-0.39, 0.29) is 22.3 Å². The Morgan fingerprint density at radius 2 is 1.03 bits per heavy atom. The second kappa shape index (κ2) is 8.25. The highest BCUT2D eigenvalue weighted by molar-refractivity contribution is 6.42. The van der Waals surface area contributed by atoms with E-state index in [4.69, 9.17) is 0 Å². The van der Waals surface area contributed by atoms with Crippen LogP contribution in [0.3, 0.4) is 0 Å². The molecule has 6 nitrogen and oxygen atoms in total. The third-order valence-corrected chi connectivity index (χ3v) is 5.14. The van der Waals surface area contributed by atoms with Gasteiger partial charge < -0.3 is 0 Å². The summed E-state index contributed by atoms with van der Waals surface area (Å²) in [5.41, 5.74) is 2.38. The zero-order chi connectivity index (χ0) is 23.2. The summed E-state index contributed by atoms with van der Waals surface area (Å²) in [6.07, 6.45) is 0. The molecule has 12 heteroatoms. The van der Waals surface area contributed by atoms with E-state index in [9.17, 15) is 17.3 Å². The Labute approximate surface area is 181 Å². The quantitative estimate of drug-likeness (QED) is 0.278. The Bertz CT molecular complexity index is 1380. The van der Waals surface area contributed by atoms with E-state index in [2.05, 4.69) is 20.2 Å². The van der Waals surface area contributed by atoms with Gasteiger partial charge in [0.1, 0.15) is 22.3 Å². The summed E-state index contributed by atoms with van der Waals surface area (Å²) in [7, 11) is -5.90. The molecule has 0 N–H and O–H groups in total. The normalized spacial score (nSPS) is 12.8. The van der Waals surface area contributed by atoms with Crippen molar-refractivity contribution < 1.29 is 17.3 Å². The van der Waals surface area contributed by atoms with E-state index in [0.717, 1.165) is 11.1 Å². The lowest BCUT2D eigenvalue weighted by molar-refractivity contribution is 0.618. The first-order valence-corrected chi connectivity index (χ1v) is 9.80. The lowest BCUT2D eigenvalue weighted by Gasteiger charge is -2.11. The van der Waals surface area contributed by atoms with Crippen LogP contribution < -0.4 is 11.0 Å². The summed E-state index contributed by atoms with van der Waals surface area (Å²) in [5.74, 6) is 0. The van der Waals surface area contributed by atoms with Gasteiger partial charge in [0.25, 0.3) is 0 Å². The summed E-state index contributed by atoms with van der Waals surface area (Å²) in [4.78, 5) is 8.45. The van der Waals surface area contributed by atoms with Crippen molar-refractivity contribution in [3.63, 3.8) is 0 Å². The molecule has 32 heavy (non-hydrogen) atoms. The van der Waals surface area contributed by atoms with E-state index in [1.54, 1.807) is 52.0 Å². The largest absolute Gasteiger partial charge is 0.680 e. The minimum atomic E-state index is -2.95. The Morgan fingerprint density at radius 3 is 1.38 bits per heavy atom. The maximum atomic E-state index is 13.9. The number of hydrogen-bond acceptors (Lipinski definition) is 4. The van der Waals surface area contributed by atoms with Crippen molar-refractivity contribution in [2.75, 3.05) is 0 Å². The summed E-state index contributed by atoms with van der Waals surface area (Å²) in [5, 5.41) is 8.86. The number of fused-ring (bicyclic) bond motifs is 2. The van der Waals surface area contributed by atoms with Crippen LogP contribution in [0.4, 0.5) is 17.3 Å². The number of nitrogens with zero attached hydrogens (tertiary/aromatic N) is 6. The van der Waals surface area contributed by atoms with Crippen LogP contribution in [-0.2, 0) is 0 Å². The molecule has 0 aliphatic rings. The first-order chi connectivity index (χ1) is 15.2. The molecular weight excluding hydrogens is 422 g/mol. The van der Waals surface area contributed by atoms with Gasteiger partial charge in [-0.2, -0.15) is 0 Å². The van der Waals surface area contributed by atoms with Crippen molar-refractivity contribution in [1.82, 2.24) is 18.9 Å². The maximum Gasteiger partial charge on any atom is 0.680 e. The summed E-state index contributed by atoms with van der Waals surface area (Å²) < 4.78 is 57.0. The lowest BCUT2D eigenvalue weighted by Crippen LogP contribution is -2.32. The smallest absolute Gasteiger partial charge is 0.293 e. The molecule has 0 aliphatic carbocycles. The molecule has 4 aromatic rings.